The van der Waals surface area contributed by atoms with Gasteiger partial charge in [0.1, 0.15) is 0 Å². The number of benzene rings is 7. The molecule has 0 unspecified atom stereocenters. The van der Waals surface area contributed by atoms with Gasteiger partial charge in [0.15, 0.2) is 17.5 Å². The lowest BCUT2D eigenvalue weighted by Crippen LogP contribution is -2.00. The van der Waals surface area contributed by atoms with Gasteiger partial charge in [0.2, 0.25) is 0 Å². The van der Waals surface area contributed by atoms with Crippen molar-refractivity contribution < 1.29 is 0 Å². The second kappa shape index (κ2) is 11.3. The van der Waals surface area contributed by atoms with Gasteiger partial charge in [-0.15, -0.1) is 0 Å². The molecule has 0 bridgehead atoms. The van der Waals surface area contributed by atoms with Gasteiger partial charge in [-0.25, -0.2) is 15.0 Å². The molecular weight excluding hydrogens is 661 g/mol. The molecule has 1 aliphatic heterocycles. The third-order valence-electron chi connectivity index (χ3n) is 9.82. The second-order valence-electron chi connectivity index (χ2n) is 12.9. The molecule has 0 atom stereocenters. The minimum absolute atomic E-state index is 0.667. The van der Waals surface area contributed by atoms with Crippen LogP contribution >= 0.6 is 23.5 Å². The van der Waals surface area contributed by atoms with Crippen LogP contribution in [0.15, 0.2) is 177 Å². The van der Waals surface area contributed by atoms with Gasteiger partial charge in [0, 0.05) is 57.8 Å². The van der Waals surface area contributed by atoms with Gasteiger partial charge in [0.25, 0.3) is 0 Å². The van der Waals surface area contributed by atoms with Crippen molar-refractivity contribution in [2.24, 2.45) is 0 Å². The van der Waals surface area contributed by atoms with Gasteiger partial charge in [-0.2, -0.15) is 0 Å². The first-order chi connectivity index (χ1) is 25.2. The van der Waals surface area contributed by atoms with Crippen LogP contribution in [0.25, 0.3) is 83.4 Å². The van der Waals surface area contributed by atoms with E-state index >= 15 is 0 Å². The van der Waals surface area contributed by atoms with Gasteiger partial charge in [0.05, 0.1) is 16.6 Å². The molecule has 10 aromatic rings. The quantitative estimate of drug-likeness (QED) is 0.184. The molecule has 51 heavy (non-hydrogen) atoms. The molecule has 4 heterocycles. The highest BCUT2D eigenvalue weighted by Crippen LogP contribution is 2.51. The SMILES string of the molecule is c1ccc(-c2nc(-c3ccccc3)nc(-c3ccc4c(c3)Sc3cc(-c5cc6c7ccccc7n7c8ccccc8c(c5)c67)ccc3S4)n2)cc1. The number of para-hydroxylation sites is 2. The first-order valence-corrected chi connectivity index (χ1v) is 18.6. The Morgan fingerprint density at radius 1 is 0.333 bits per heavy atom. The normalized spacial score (nSPS) is 12.5. The Labute approximate surface area is 302 Å². The van der Waals surface area contributed by atoms with Crippen molar-refractivity contribution in [3.05, 3.63) is 158 Å². The van der Waals surface area contributed by atoms with E-state index in [-0.39, 0.29) is 0 Å². The molecule has 0 N–H and O–H groups in total. The van der Waals surface area contributed by atoms with E-state index in [1.165, 1.54) is 68.8 Å². The van der Waals surface area contributed by atoms with Crippen molar-refractivity contribution >= 4 is 61.6 Å². The molecule has 4 nitrogen and oxygen atoms in total. The van der Waals surface area contributed by atoms with Crippen LogP contribution in [0.1, 0.15) is 0 Å². The van der Waals surface area contributed by atoms with E-state index in [0.717, 1.165) is 16.7 Å². The smallest absolute Gasteiger partial charge is 0.164 e. The van der Waals surface area contributed by atoms with Crippen LogP contribution in [-0.4, -0.2) is 19.4 Å². The lowest BCUT2D eigenvalue weighted by molar-refractivity contribution is 1.07. The van der Waals surface area contributed by atoms with Gasteiger partial charge < -0.3 is 4.40 Å². The molecule has 6 heteroatoms. The minimum atomic E-state index is 0.667. The van der Waals surface area contributed by atoms with Crippen LogP contribution in [0, 0.1) is 0 Å². The highest BCUT2D eigenvalue weighted by Gasteiger charge is 2.22. The maximum atomic E-state index is 4.99. The summed E-state index contributed by atoms with van der Waals surface area (Å²) in [6, 6.07) is 56.1. The zero-order chi connectivity index (χ0) is 33.5. The number of rotatable bonds is 4. The van der Waals surface area contributed by atoms with E-state index in [1.807, 2.05) is 84.2 Å². The van der Waals surface area contributed by atoms with Crippen molar-refractivity contribution in [1.82, 2.24) is 19.4 Å². The van der Waals surface area contributed by atoms with Gasteiger partial charge in [-0.1, -0.05) is 127 Å². The summed E-state index contributed by atoms with van der Waals surface area (Å²) < 4.78 is 2.44. The number of aromatic nitrogens is 4. The van der Waals surface area contributed by atoms with E-state index in [0.29, 0.717) is 17.5 Å². The Morgan fingerprint density at radius 3 is 1.35 bits per heavy atom. The number of hydrogen-bond donors (Lipinski definition) is 0. The summed E-state index contributed by atoms with van der Waals surface area (Å²) in [6.45, 7) is 0. The predicted octanol–water partition coefficient (Wildman–Crippen LogP) is 12.3. The molecule has 0 radical (unpaired) electrons. The van der Waals surface area contributed by atoms with Crippen molar-refractivity contribution in [3.8, 4) is 45.3 Å². The number of nitrogens with zero attached hydrogens (tertiary/aromatic N) is 4. The maximum absolute atomic E-state index is 4.99. The van der Waals surface area contributed by atoms with Crippen LogP contribution in [0.4, 0.5) is 0 Å². The van der Waals surface area contributed by atoms with Crippen LogP contribution in [-0.2, 0) is 0 Å². The average molecular weight is 687 g/mol. The van der Waals surface area contributed by atoms with Gasteiger partial charge >= 0.3 is 0 Å². The molecule has 0 aliphatic carbocycles. The Morgan fingerprint density at radius 2 is 0.784 bits per heavy atom. The topological polar surface area (TPSA) is 43.1 Å². The van der Waals surface area contributed by atoms with Crippen LogP contribution in [0.2, 0.25) is 0 Å². The largest absolute Gasteiger partial charge is 0.308 e. The molecule has 0 amide bonds. The Kier molecular flexibility index (Phi) is 6.38. The second-order valence-corrected chi connectivity index (χ2v) is 15.0. The molecule has 0 spiro atoms. The predicted molar refractivity (Wildman–Crippen MR) is 211 cm³/mol. The third kappa shape index (κ3) is 4.61. The Balaban J connectivity index is 1.01. The van der Waals surface area contributed by atoms with Crippen molar-refractivity contribution in [3.63, 3.8) is 0 Å². The maximum Gasteiger partial charge on any atom is 0.164 e. The lowest BCUT2D eigenvalue weighted by Gasteiger charge is -2.20. The standard InChI is InChI=1S/C45H26N4S2/c1-3-11-27(12-4-1)43-46-44(28-13-5-2-6-14-28)48-45(47-43)30-20-22-39-41(26-30)51-40-25-29(19-21-38(40)50-39)31-23-34-32-15-7-9-17-36(32)49-37-18-10-8-16-33(37)35(24-31)42(34)49/h1-26H. The first kappa shape index (κ1) is 28.8. The summed E-state index contributed by atoms with van der Waals surface area (Å²) in [5.41, 5.74) is 9.17. The third-order valence-corrected chi connectivity index (χ3v) is 12.3. The fourth-order valence-corrected chi connectivity index (χ4v) is 9.73. The Hall–Kier alpha value is -5.95. The summed E-state index contributed by atoms with van der Waals surface area (Å²) in [5, 5.41) is 5.18. The zero-order valence-electron chi connectivity index (χ0n) is 27.1. The van der Waals surface area contributed by atoms with Crippen LogP contribution in [0.3, 0.4) is 0 Å². The van der Waals surface area contributed by atoms with Crippen molar-refractivity contribution in [2.75, 3.05) is 0 Å². The van der Waals surface area contributed by atoms with Crippen LogP contribution in [0.5, 0.6) is 0 Å². The molecule has 0 fully saturated rings. The first-order valence-electron chi connectivity index (χ1n) is 16.9. The fraction of sp³-hybridized carbons (Fsp3) is 0. The number of fused-ring (bicyclic) bond motifs is 8. The van der Waals surface area contributed by atoms with Crippen LogP contribution < -0.4 is 0 Å². The number of hydrogen-bond acceptors (Lipinski definition) is 5. The van der Waals surface area contributed by atoms with E-state index in [1.54, 1.807) is 0 Å². The van der Waals surface area contributed by atoms with Gasteiger partial charge in [-0.3, -0.25) is 0 Å². The average Bonchev–Trinajstić information content (AvgIpc) is 3.72. The highest BCUT2D eigenvalue weighted by atomic mass is 32.2. The molecular formula is C45H26N4S2. The lowest BCUT2D eigenvalue weighted by atomic mass is 9.99. The highest BCUT2D eigenvalue weighted by molar-refractivity contribution is 8.05. The molecule has 1 aliphatic rings. The van der Waals surface area contributed by atoms with Crippen molar-refractivity contribution in [2.45, 2.75) is 19.6 Å². The summed E-state index contributed by atoms with van der Waals surface area (Å²) in [6.07, 6.45) is 0. The summed E-state index contributed by atoms with van der Waals surface area (Å²) in [7, 11) is 0. The molecule has 11 rings (SSSR count). The fourth-order valence-electron chi connectivity index (χ4n) is 7.45. The van der Waals surface area contributed by atoms with E-state index < -0.39 is 0 Å². The molecule has 3 aromatic heterocycles. The van der Waals surface area contributed by atoms with E-state index in [9.17, 15) is 0 Å². The Bertz CT molecular complexity index is 2830. The van der Waals surface area contributed by atoms with E-state index in [2.05, 4.69) is 101 Å². The summed E-state index contributed by atoms with van der Waals surface area (Å²) >= 11 is 3.65. The minimum Gasteiger partial charge on any atom is -0.308 e. The zero-order valence-corrected chi connectivity index (χ0v) is 28.7. The molecule has 7 aromatic carbocycles. The van der Waals surface area contributed by atoms with Crippen molar-refractivity contribution in [1.29, 1.82) is 0 Å². The summed E-state index contributed by atoms with van der Waals surface area (Å²) in [4.78, 5) is 19.8. The van der Waals surface area contributed by atoms with E-state index in [4.69, 9.17) is 15.0 Å². The molecule has 0 saturated carbocycles. The summed E-state index contributed by atoms with van der Waals surface area (Å²) in [5.74, 6) is 2.00. The monoisotopic (exact) mass is 686 g/mol. The molecule has 238 valence electrons. The van der Waals surface area contributed by atoms with Gasteiger partial charge in [-0.05, 0) is 65.7 Å². The molecule has 0 saturated heterocycles.